The zero-order valence-electron chi connectivity index (χ0n) is 15.3. The average molecular weight is 485 g/mol. The number of nitriles is 1. The molecule has 1 aromatic carbocycles. The van der Waals surface area contributed by atoms with E-state index in [1.807, 2.05) is 0 Å². The van der Waals surface area contributed by atoms with Crippen LogP contribution in [0.1, 0.15) is 18.2 Å². The molecule has 1 heterocycles. The lowest BCUT2D eigenvalue weighted by Crippen LogP contribution is -2.22. The van der Waals surface area contributed by atoms with Gasteiger partial charge in [-0.05, 0) is 19.1 Å². The fourth-order valence-corrected chi connectivity index (χ4v) is 3.97. The number of aromatic nitrogens is 2. The van der Waals surface area contributed by atoms with E-state index in [0.717, 1.165) is 6.26 Å². The second kappa shape index (κ2) is 8.81. The van der Waals surface area contributed by atoms with Gasteiger partial charge in [0.25, 0.3) is 5.91 Å². The number of hydrogen-bond acceptors (Lipinski definition) is 6. The van der Waals surface area contributed by atoms with Crippen molar-refractivity contribution in [2.75, 3.05) is 24.8 Å². The van der Waals surface area contributed by atoms with Crippen molar-refractivity contribution in [2.45, 2.75) is 18.0 Å². The molecule has 162 valence electrons. The molecule has 0 aliphatic heterocycles. The molecule has 0 saturated carbocycles. The first-order valence-electron chi connectivity index (χ1n) is 7.98. The number of sulfone groups is 1. The van der Waals surface area contributed by atoms with Gasteiger partial charge in [0.1, 0.15) is 23.3 Å². The van der Waals surface area contributed by atoms with Gasteiger partial charge in [-0.1, -0.05) is 23.2 Å². The molecule has 0 saturated heterocycles. The molecule has 0 fully saturated rings. The van der Waals surface area contributed by atoms with E-state index >= 15 is 0 Å². The Morgan fingerprint density at radius 1 is 1.33 bits per heavy atom. The van der Waals surface area contributed by atoms with Crippen LogP contribution < -0.4 is 5.32 Å². The average Bonchev–Trinajstić information content (AvgIpc) is 2.96. The number of carbonyl (C=O) groups excluding carboxylic acids is 1. The van der Waals surface area contributed by atoms with Crippen LogP contribution in [-0.2, 0) is 25.5 Å². The third-order valence-electron chi connectivity index (χ3n) is 3.57. The first kappa shape index (κ1) is 23.9. The van der Waals surface area contributed by atoms with E-state index in [-0.39, 0.29) is 12.3 Å². The summed E-state index contributed by atoms with van der Waals surface area (Å²) in [5.41, 5.74) is -2.13. The predicted octanol–water partition coefficient (Wildman–Crippen LogP) is 3.45. The summed E-state index contributed by atoms with van der Waals surface area (Å²) in [4.78, 5) is 11.5. The van der Waals surface area contributed by atoms with Crippen LogP contribution in [0.15, 0.2) is 17.0 Å². The van der Waals surface area contributed by atoms with Crippen LogP contribution in [0.25, 0.3) is 5.69 Å². The minimum absolute atomic E-state index is 0.186. The minimum Gasteiger partial charge on any atom is -0.372 e. The van der Waals surface area contributed by atoms with Crippen molar-refractivity contribution in [3.63, 3.8) is 0 Å². The molecule has 2 rings (SSSR count). The van der Waals surface area contributed by atoms with Crippen molar-refractivity contribution in [1.29, 1.82) is 5.26 Å². The van der Waals surface area contributed by atoms with Gasteiger partial charge >= 0.3 is 6.18 Å². The summed E-state index contributed by atoms with van der Waals surface area (Å²) < 4.78 is 69.1. The van der Waals surface area contributed by atoms with Crippen LogP contribution in [0.2, 0.25) is 10.0 Å². The molecule has 0 aliphatic carbocycles. The fourth-order valence-electron chi connectivity index (χ4n) is 2.39. The molecule has 30 heavy (non-hydrogen) atoms. The maximum Gasteiger partial charge on any atom is 0.416 e. The number of nitrogens with one attached hydrogen (secondary N) is 1. The zero-order chi connectivity index (χ0) is 22.9. The van der Waals surface area contributed by atoms with E-state index < -0.39 is 60.5 Å². The van der Waals surface area contributed by atoms with Crippen molar-refractivity contribution in [3.05, 3.63) is 33.4 Å². The Bertz CT molecular complexity index is 1120. The Labute approximate surface area is 179 Å². The van der Waals surface area contributed by atoms with Crippen LogP contribution in [0.5, 0.6) is 0 Å². The third-order valence-corrected chi connectivity index (χ3v) is 5.27. The van der Waals surface area contributed by atoms with Crippen LogP contribution in [0.4, 0.5) is 19.0 Å². The number of nitrogens with zero attached hydrogens (tertiary/aromatic N) is 3. The Kier molecular flexibility index (Phi) is 7.03. The Morgan fingerprint density at radius 3 is 2.33 bits per heavy atom. The maximum absolute atomic E-state index is 13.0. The lowest BCUT2D eigenvalue weighted by atomic mass is 10.2. The number of ether oxygens (including phenoxy) is 1. The van der Waals surface area contributed by atoms with Crippen molar-refractivity contribution in [3.8, 4) is 11.8 Å². The zero-order valence-corrected chi connectivity index (χ0v) is 17.7. The van der Waals surface area contributed by atoms with Gasteiger partial charge < -0.3 is 10.1 Å². The molecule has 2 aromatic rings. The van der Waals surface area contributed by atoms with Gasteiger partial charge in [0.2, 0.25) is 0 Å². The quantitative estimate of drug-likeness (QED) is 0.671. The maximum atomic E-state index is 13.0. The monoisotopic (exact) mass is 484 g/mol. The largest absolute Gasteiger partial charge is 0.416 e. The van der Waals surface area contributed by atoms with Crippen LogP contribution in [0, 0.1) is 11.3 Å². The molecular weight excluding hydrogens is 472 g/mol. The van der Waals surface area contributed by atoms with Crippen LogP contribution in [-0.4, -0.2) is 43.6 Å². The van der Waals surface area contributed by atoms with Crippen molar-refractivity contribution in [1.82, 2.24) is 9.78 Å². The van der Waals surface area contributed by atoms with E-state index in [1.54, 1.807) is 13.0 Å². The van der Waals surface area contributed by atoms with E-state index in [9.17, 15) is 31.6 Å². The lowest BCUT2D eigenvalue weighted by molar-refractivity contribution is -0.137. The minimum atomic E-state index is -4.75. The molecule has 0 aliphatic rings. The number of carbonyl (C=O) groups is 1. The summed E-state index contributed by atoms with van der Waals surface area (Å²) in [6.07, 6.45) is -3.98. The van der Waals surface area contributed by atoms with Crippen LogP contribution in [0.3, 0.4) is 0 Å². The molecule has 8 nitrogen and oxygen atoms in total. The van der Waals surface area contributed by atoms with E-state index in [0.29, 0.717) is 16.8 Å². The summed E-state index contributed by atoms with van der Waals surface area (Å²) >= 11 is 11.9. The highest BCUT2D eigenvalue weighted by Crippen LogP contribution is 2.39. The molecule has 0 bridgehead atoms. The number of rotatable bonds is 6. The van der Waals surface area contributed by atoms with Gasteiger partial charge in [-0.15, -0.1) is 0 Å². The second-order valence-corrected chi connectivity index (χ2v) is 8.56. The first-order valence-corrected chi connectivity index (χ1v) is 10.6. The van der Waals surface area contributed by atoms with Gasteiger partial charge in [0.15, 0.2) is 21.3 Å². The Balaban J connectivity index is 2.79. The predicted molar refractivity (Wildman–Crippen MR) is 102 cm³/mol. The van der Waals surface area contributed by atoms with Crippen molar-refractivity contribution in [2.24, 2.45) is 0 Å². The molecule has 0 radical (unpaired) electrons. The molecular formula is C16H13Cl2F3N4O4S. The SMILES string of the molecule is CCOCC(=O)Nc1c(S(C)(=O)=O)c(C#N)nn1-c1c(Cl)cc(C(F)(F)F)cc1Cl. The van der Waals surface area contributed by atoms with Gasteiger partial charge in [-0.3, -0.25) is 4.79 Å². The van der Waals surface area contributed by atoms with Gasteiger partial charge in [-0.2, -0.15) is 23.5 Å². The fraction of sp³-hybridized carbons (Fsp3) is 0.312. The molecule has 1 amide bonds. The van der Waals surface area contributed by atoms with Crippen molar-refractivity contribution < 1.29 is 31.1 Å². The number of hydrogen-bond donors (Lipinski definition) is 1. The first-order chi connectivity index (χ1) is 13.8. The molecule has 14 heteroatoms. The molecule has 0 spiro atoms. The smallest absolute Gasteiger partial charge is 0.372 e. The van der Waals surface area contributed by atoms with Gasteiger partial charge in [0.05, 0.1) is 15.6 Å². The van der Waals surface area contributed by atoms with Gasteiger partial charge in [-0.25, -0.2) is 13.1 Å². The normalized spacial score (nSPS) is 11.9. The number of amides is 1. The standard InChI is InChI=1S/C16H13Cl2F3N4O4S/c1-3-29-7-12(26)23-15-14(30(2,27)28)11(6-22)24-25(15)13-9(17)4-8(5-10(13)18)16(19,20)21/h4-5H,3,7H2,1-2H3,(H,23,26). The number of benzene rings is 1. The highest BCUT2D eigenvalue weighted by atomic mass is 35.5. The summed E-state index contributed by atoms with van der Waals surface area (Å²) in [6.45, 7) is 1.35. The number of alkyl halides is 3. The number of anilines is 1. The summed E-state index contributed by atoms with van der Waals surface area (Å²) in [6, 6.07) is 2.68. The summed E-state index contributed by atoms with van der Waals surface area (Å²) in [5, 5.41) is 14.2. The molecule has 1 aromatic heterocycles. The third kappa shape index (κ3) is 5.04. The van der Waals surface area contributed by atoms with E-state index in [2.05, 4.69) is 10.4 Å². The summed E-state index contributed by atoms with van der Waals surface area (Å²) in [7, 11) is -4.11. The van der Waals surface area contributed by atoms with Gasteiger partial charge in [0, 0.05) is 12.9 Å². The Morgan fingerprint density at radius 2 is 1.90 bits per heavy atom. The van der Waals surface area contributed by atoms with E-state index in [4.69, 9.17) is 27.9 Å². The number of halogens is 5. The highest BCUT2D eigenvalue weighted by Gasteiger charge is 2.34. The van der Waals surface area contributed by atoms with Crippen molar-refractivity contribution >= 4 is 44.8 Å². The molecule has 0 unspecified atom stereocenters. The second-order valence-electron chi connectivity index (χ2n) is 5.79. The highest BCUT2D eigenvalue weighted by molar-refractivity contribution is 7.91. The topological polar surface area (TPSA) is 114 Å². The molecule has 0 atom stereocenters. The lowest BCUT2D eigenvalue weighted by Gasteiger charge is -2.15. The summed E-state index contributed by atoms with van der Waals surface area (Å²) in [5.74, 6) is -1.31. The Hall–Kier alpha value is -2.33. The molecule has 1 N–H and O–H groups in total. The van der Waals surface area contributed by atoms with Crippen LogP contribution >= 0.6 is 23.2 Å². The van der Waals surface area contributed by atoms with E-state index in [1.165, 1.54) is 0 Å².